The second kappa shape index (κ2) is 5.41. The van der Waals surface area contributed by atoms with Crippen molar-refractivity contribution in [3.63, 3.8) is 0 Å². The highest BCUT2D eigenvalue weighted by Crippen LogP contribution is 2.54. The number of nitrogens with one attached hydrogen (secondary N) is 2. The SMILES string of the molecule is C=S(C)C(=O)OC[C@@H]1[C@@H]2CCC3=C(CC[C@@H]21)N(C)NN3. The van der Waals surface area contributed by atoms with Gasteiger partial charge in [-0.3, -0.25) is 5.01 Å². The van der Waals surface area contributed by atoms with E-state index in [9.17, 15) is 4.79 Å². The van der Waals surface area contributed by atoms with Crippen LogP contribution in [-0.2, 0) is 4.74 Å². The van der Waals surface area contributed by atoms with Gasteiger partial charge in [0.05, 0.1) is 12.3 Å². The van der Waals surface area contributed by atoms with Gasteiger partial charge in [0, 0.05) is 12.7 Å². The fraction of sp³-hybridized carbons (Fsp3) is 0.714. The van der Waals surface area contributed by atoms with E-state index >= 15 is 0 Å². The number of allylic oxidation sites excluding steroid dienone is 2. The number of nitrogens with zero attached hydrogens (tertiary/aromatic N) is 1. The van der Waals surface area contributed by atoms with Crippen LogP contribution in [-0.4, -0.2) is 36.1 Å². The van der Waals surface area contributed by atoms with E-state index in [0.29, 0.717) is 12.5 Å². The maximum Gasteiger partial charge on any atom is 0.360 e. The summed E-state index contributed by atoms with van der Waals surface area (Å²) in [5.74, 6) is 5.76. The number of carbonyl (C=O) groups excluding carboxylic acids is 1. The van der Waals surface area contributed by atoms with Gasteiger partial charge in [0.15, 0.2) is 0 Å². The Morgan fingerprint density at radius 3 is 2.85 bits per heavy atom. The fourth-order valence-electron chi connectivity index (χ4n) is 3.53. The Morgan fingerprint density at radius 1 is 1.45 bits per heavy atom. The molecule has 0 radical (unpaired) electrons. The normalized spacial score (nSPS) is 33.5. The average molecular weight is 297 g/mol. The monoisotopic (exact) mass is 297 g/mol. The second-order valence-electron chi connectivity index (χ2n) is 5.99. The number of hydrazine groups is 2. The molecule has 112 valence electrons. The summed E-state index contributed by atoms with van der Waals surface area (Å²) in [7, 11) is 1.53. The van der Waals surface area contributed by atoms with Crippen LogP contribution in [0.2, 0.25) is 0 Å². The van der Waals surface area contributed by atoms with Crippen molar-refractivity contribution in [2.24, 2.45) is 17.8 Å². The third kappa shape index (κ3) is 2.59. The molecule has 1 fully saturated rings. The highest BCUT2D eigenvalue weighted by Gasteiger charge is 2.50. The van der Waals surface area contributed by atoms with Crippen LogP contribution in [0, 0.1) is 17.8 Å². The van der Waals surface area contributed by atoms with Crippen molar-refractivity contribution in [1.29, 1.82) is 0 Å². The molecule has 0 aromatic rings. The van der Waals surface area contributed by atoms with E-state index < -0.39 is 10.5 Å². The van der Waals surface area contributed by atoms with Gasteiger partial charge in [-0.25, -0.2) is 4.79 Å². The van der Waals surface area contributed by atoms with Crippen molar-refractivity contribution in [2.75, 3.05) is 19.9 Å². The topological polar surface area (TPSA) is 53.6 Å². The summed E-state index contributed by atoms with van der Waals surface area (Å²) >= 11 is 0. The lowest BCUT2D eigenvalue weighted by Crippen LogP contribution is -2.34. The van der Waals surface area contributed by atoms with Gasteiger partial charge in [0.2, 0.25) is 0 Å². The number of carbonyl (C=O) groups is 1. The quantitative estimate of drug-likeness (QED) is 0.603. The lowest BCUT2D eigenvalue weighted by molar-refractivity contribution is 0.165. The van der Waals surface area contributed by atoms with Crippen molar-refractivity contribution in [1.82, 2.24) is 16.0 Å². The van der Waals surface area contributed by atoms with E-state index in [0.717, 1.165) is 24.7 Å². The van der Waals surface area contributed by atoms with E-state index in [1.165, 1.54) is 24.2 Å². The molecule has 1 saturated carbocycles. The molecule has 1 aliphatic heterocycles. The molecule has 3 rings (SSSR count). The third-order valence-electron chi connectivity index (χ3n) is 4.76. The summed E-state index contributed by atoms with van der Waals surface area (Å²) in [5.41, 5.74) is 9.13. The standard InChI is InChI=1S/C14H23N3O2S/c1-17-13-7-5-10-9(4-6-12(13)15-16-17)11(10)8-19-14(18)20(2)3/h9-11,15-16H,2,4-8H2,1,3H3/t9-,10+,11-,20?/m1/s1. The lowest BCUT2D eigenvalue weighted by atomic mass is 10.0. The van der Waals surface area contributed by atoms with Crippen molar-refractivity contribution < 1.29 is 9.53 Å². The van der Waals surface area contributed by atoms with Crippen LogP contribution in [0.25, 0.3) is 0 Å². The molecule has 4 atom stereocenters. The number of ether oxygens (including phenoxy) is 1. The summed E-state index contributed by atoms with van der Waals surface area (Å²) < 4.78 is 5.37. The van der Waals surface area contributed by atoms with Gasteiger partial charge in [-0.2, -0.15) is 0 Å². The Labute approximate surface area is 122 Å². The van der Waals surface area contributed by atoms with Gasteiger partial charge in [-0.1, -0.05) is 16.4 Å². The molecular weight excluding hydrogens is 274 g/mol. The first-order valence-electron chi connectivity index (χ1n) is 7.17. The Morgan fingerprint density at radius 2 is 2.15 bits per heavy atom. The third-order valence-corrected chi connectivity index (χ3v) is 5.44. The first-order chi connectivity index (χ1) is 9.58. The molecule has 20 heavy (non-hydrogen) atoms. The van der Waals surface area contributed by atoms with Gasteiger partial charge in [0.1, 0.15) is 0 Å². The van der Waals surface area contributed by atoms with Gasteiger partial charge >= 0.3 is 5.30 Å². The molecule has 0 aromatic carbocycles. The van der Waals surface area contributed by atoms with Crippen LogP contribution in [0.3, 0.4) is 0 Å². The van der Waals surface area contributed by atoms with Crippen molar-refractivity contribution in [2.45, 2.75) is 25.7 Å². The molecule has 3 aliphatic rings. The summed E-state index contributed by atoms with van der Waals surface area (Å²) in [4.78, 5) is 11.5. The second-order valence-corrected chi connectivity index (χ2v) is 7.60. The van der Waals surface area contributed by atoms with Crippen LogP contribution in [0.15, 0.2) is 11.4 Å². The highest BCUT2D eigenvalue weighted by atomic mass is 32.2. The van der Waals surface area contributed by atoms with Crippen LogP contribution in [0.5, 0.6) is 0 Å². The predicted octanol–water partition coefficient (Wildman–Crippen LogP) is 2.06. The number of hydrogen-bond acceptors (Lipinski definition) is 5. The number of rotatable bonds is 2. The van der Waals surface area contributed by atoms with Gasteiger partial charge in [0.25, 0.3) is 0 Å². The zero-order valence-corrected chi connectivity index (χ0v) is 13.0. The lowest BCUT2D eigenvalue weighted by Gasteiger charge is -2.15. The van der Waals surface area contributed by atoms with Crippen molar-refractivity contribution >= 4 is 21.7 Å². The molecule has 1 unspecified atom stereocenters. The molecule has 0 saturated heterocycles. The Hall–Kier alpha value is -1.01. The molecule has 1 heterocycles. The zero-order valence-electron chi connectivity index (χ0n) is 12.1. The summed E-state index contributed by atoms with van der Waals surface area (Å²) in [6.07, 6.45) is 6.39. The van der Waals surface area contributed by atoms with Crippen LogP contribution in [0.1, 0.15) is 25.7 Å². The Balaban J connectivity index is 1.54. The highest BCUT2D eigenvalue weighted by molar-refractivity contribution is 8.26. The molecule has 6 heteroatoms. The molecule has 0 aromatic heterocycles. The van der Waals surface area contributed by atoms with Crippen LogP contribution < -0.4 is 11.0 Å². The van der Waals surface area contributed by atoms with Crippen molar-refractivity contribution in [3.8, 4) is 0 Å². The fourth-order valence-corrected chi connectivity index (χ4v) is 3.80. The maximum absolute atomic E-state index is 11.5. The number of hydrogen-bond donors (Lipinski definition) is 2. The van der Waals surface area contributed by atoms with Gasteiger partial charge < -0.3 is 10.2 Å². The van der Waals surface area contributed by atoms with E-state index in [-0.39, 0.29) is 5.30 Å². The smallest absolute Gasteiger partial charge is 0.360 e. The van der Waals surface area contributed by atoms with E-state index in [2.05, 4.69) is 28.9 Å². The molecule has 0 spiro atoms. The van der Waals surface area contributed by atoms with Crippen LogP contribution in [0.4, 0.5) is 4.79 Å². The molecule has 2 aliphatic carbocycles. The first-order valence-corrected chi connectivity index (χ1v) is 8.98. The molecule has 0 amide bonds. The van der Waals surface area contributed by atoms with Crippen LogP contribution >= 0.6 is 10.5 Å². The average Bonchev–Trinajstić information content (AvgIpc) is 2.93. The molecule has 2 N–H and O–H groups in total. The number of fused-ring (bicyclic) bond motifs is 1. The largest absolute Gasteiger partial charge is 0.458 e. The van der Waals surface area contributed by atoms with E-state index in [1.54, 1.807) is 6.26 Å². The zero-order chi connectivity index (χ0) is 14.3. The van der Waals surface area contributed by atoms with E-state index in [4.69, 9.17) is 4.74 Å². The maximum atomic E-state index is 11.5. The summed E-state index contributed by atoms with van der Waals surface area (Å²) in [6, 6.07) is 0. The Kier molecular flexibility index (Phi) is 3.77. The van der Waals surface area contributed by atoms with E-state index in [1.807, 2.05) is 0 Å². The van der Waals surface area contributed by atoms with Gasteiger partial charge in [-0.15, -0.1) is 5.53 Å². The predicted molar refractivity (Wildman–Crippen MR) is 82.0 cm³/mol. The Bertz CT molecular complexity index is 477. The molecule has 0 bridgehead atoms. The first kappa shape index (κ1) is 13.9. The molecular formula is C14H23N3O2S. The van der Waals surface area contributed by atoms with Gasteiger partial charge in [-0.05, 0) is 49.7 Å². The minimum absolute atomic E-state index is 0.143. The minimum atomic E-state index is -0.519. The summed E-state index contributed by atoms with van der Waals surface area (Å²) in [5, 5.41) is 1.94. The minimum Gasteiger partial charge on any atom is -0.458 e. The summed E-state index contributed by atoms with van der Waals surface area (Å²) in [6.45, 7) is 0.590. The molecule has 5 nitrogen and oxygen atoms in total. The van der Waals surface area contributed by atoms with Crippen molar-refractivity contribution in [3.05, 3.63) is 11.4 Å².